The number of benzene rings is 9. The van der Waals surface area contributed by atoms with Crippen molar-refractivity contribution >= 4 is 87.5 Å². The number of fused-ring (bicyclic) bond motifs is 12. The number of rotatable bonds is 4. The van der Waals surface area contributed by atoms with E-state index in [0.29, 0.717) is 0 Å². The van der Waals surface area contributed by atoms with Gasteiger partial charge in [-0.2, -0.15) is 0 Å². The Balaban J connectivity index is 1.20. The average molecular weight is 741 g/mol. The van der Waals surface area contributed by atoms with Crippen LogP contribution in [-0.4, -0.2) is 9.13 Å². The van der Waals surface area contributed by atoms with E-state index in [1.807, 2.05) is 18.2 Å². The monoisotopic (exact) mass is 740 g/mol. The SMILES string of the molecule is c1ccc(-n2c3ccccc3c3ccc(-c4ccc5oc6ccccc6c5c4)c(-c4cccc5c4c4ccccc4n5-c4cccc5c4oc4ccccc45)c32)cc1. The number of para-hydroxylation sites is 6. The quantitative estimate of drug-likeness (QED) is 0.180. The molecule has 4 aromatic heterocycles. The zero-order valence-electron chi connectivity index (χ0n) is 31.2. The highest BCUT2D eigenvalue weighted by atomic mass is 16.3. The van der Waals surface area contributed by atoms with E-state index in [1.165, 1.54) is 43.7 Å². The molecule has 4 heterocycles. The summed E-state index contributed by atoms with van der Waals surface area (Å²) in [5.74, 6) is 0. The molecule has 13 aromatic rings. The molecule has 0 fully saturated rings. The number of furan rings is 2. The van der Waals surface area contributed by atoms with E-state index >= 15 is 0 Å². The average Bonchev–Trinajstić information content (AvgIpc) is 4.04. The van der Waals surface area contributed by atoms with E-state index in [4.69, 9.17) is 8.83 Å². The lowest BCUT2D eigenvalue weighted by Gasteiger charge is -2.17. The third-order valence-corrected chi connectivity index (χ3v) is 12.1. The largest absolute Gasteiger partial charge is 0.456 e. The van der Waals surface area contributed by atoms with Gasteiger partial charge in [0.2, 0.25) is 0 Å². The van der Waals surface area contributed by atoms with Gasteiger partial charge in [-0.25, -0.2) is 0 Å². The molecule has 0 spiro atoms. The summed E-state index contributed by atoms with van der Waals surface area (Å²) in [6.45, 7) is 0. The number of nitrogens with zero attached hydrogens (tertiary/aromatic N) is 2. The zero-order chi connectivity index (χ0) is 37.9. The molecule has 9 aromatic carbocycles. The molecule has 0 saturated heterocycles. The zero-order valence-corrected chi connectivity index (χ0v) is 31.2. The molecule has 0 saturated carbocycles. The molecular weight excluding hydrogens is 709 g/mol. The van der Waals surface area contributed by atoms with Gasteiger partial charge >= 0.3 is 0 Å². The molecule has 13 rings (SSSR count). The summed E-state index contributed by atoms with van der Waals surface area (Å²) in [6, 6.07) is 69.6. The van der Waals surface area contributed by atoms with E-state index in [2.05, 4.69) is 185 Å². The molecular formula is C54H32N2O2. The summed E-state index contributed by atoms with van der Waals surface area (Å²) >= 11 is 0. The van der Waals surface area contributed by atoms with Crippen molar-refractivity contribution in [2.24, 2.45) is 0 Å². The van der Waals surface area contributed by atoms with Gasteiger partial charge in [-0.3, -0.25) is 0 Å². The second-order valence-corrected chi connectivity index (χ2v) is 15.2. The molecule has 0 radical (unpaired) electrons. The minimum Gasteiger partial charge on any atom is -0.456 e. The standard InChI is InChI=1S/C54H32N2O2/c1-2-14-34(15-3-1)55-44-22-8-4-16-36(44)39-30-29-35(33-28-31-50-43(32-33)38-18-7-10-26-48(38)57-50)52(53(39)55)42-21-13-24-46-51(42)41-19-5-9-23-45(41)56(46)47-25-12-20-40-37-17-6-11-27-49(37)58-54(40)47/h1-32H. The van der Waals surface area contributed by atoms with Gasteiger partial charge in [0.1, 0.15) is 16.7 Å². The Bertz CT molecular complexity index is 3800. The van der Waals surface area contributed by atoms with Crippen LogP contribution in [0.5, 0.6) is 0 Å². The maximum Gasteiger partial charge on any atom is 0.159 e. The maximum atomic E-state index is 6.68. The Morgan fingerprint density at radius 3 is 1.79 bits per heavy atom. The lowest BCUT2D eigenvalue weighted by atomic mass is 9.89. The highest BCUT2D eigenvalue weighted by molar-refractivity contribution is 6.23. The molecule has 0 amide bonds. The second kappa shape index (κ2) is 11.8. The van der Waals surface area contributed by atoms with Crippen molar-refractivity contribution in [2.45, 2.75) is 0 Å². The van der Waals surface area contributed by atoms with Crippen LogP contribution in [0.4, 0.5) is 0 Å². The summed E-state index contributed by atoms with van der Waals surface area (Å²) in [7, 11) is 0. The smallest absolute Gasteiger partial charge is 0.159 e. The first-order valence-electron chi connectivity index (χ1n) is 19.8. The molecule has 0 aliphatic heterocycles. The van der Waals surface area contributed by atoms with Crippen LogP contribution in [0.1, 0.15) is 0 Å². The van der Waals surface area contributed by atoms with Crippen molar-refractivity contribution < 1.29 is 8.83 Å². The highest BCUT2D eigenvalue weighted by Crippen LogP contribution is 2.48. The molecule has 0 atom stereocenters. The van der Waals surface area contributed by atoms with Gasteiger partial charge in [-0.05, 0) is 77.4 Å². The van der Waals surface area contributed by atoms with Crippen LogP contribution in [0.25, 0.3) is 121 Å². The first kappa shape index (κ1) is 31.4. The van der Waals surface area contributed by atoms with E-state index in [-0.39, 0.29) is 0 Å². The predicted octanol–water partition coefficient (Wildman–Crippen LogP) is 15.0. The fourth-order valence-corrected chi connectivity index (χ4v) is 9.71. The van der Waals surface area contributed by atoms with Gasteiger partial charge in [0.05, 0.1) is 27.8 Å². The molecule has 58 heavy (non-hydrogen) atoms. The van der Waals surface area contributed by atoms with E-state index in [0.717, 1.165) is 77.4 Å². The second-order valence-electron chi connectivity index (χ2n) is 15.2. The van der Waals surface area contributed by atoms with Gasteiger partial charge in [0.15, 0.2) is 5.58 Å². The van der Waals surface area contributed by atoms with Crippen molar-refractivity contribution in [1.29, 1.82) is 0 Å². The Morgan fingerprint density at radius 1 is 0.345 bits per heavy atom. The summed E-state index contributed by atoms with van der Waals surface area (Å²) in [6.07, 6.45) is 0. The molecule has 0 bridgehead atoms. The molecule has 0 unspecified atom stereocenters. The molecule has 0 aliphatic rings. The molecule has 4 heteroatoms. The van der Waals surface area contributed by atoms with Crippen LogP contribution in [0, 0.1) is 0 Å². The predicted molar refractivity (Wildman–Crippen MR) is 241 cm³/mol. The lowest BCUT2D eigenvalue weighted by Crippen LogP contribution is -1.97. The molecule has 270 valence electrons. The van der Waals surface area contributed by atoms with Gasteiger partial charge in [-0.1, -0.05) is 133 Å². The highest BCUT2D eigenvalue weighted by Gasteiger charge is 2.25. The third-order valence-electron chi connectivity index (χ3n) is 12.1. The van der Waals surface area contributed by atoms with Crippen LogP contribution in [-0.2, 0) is 0 Å². The topological polar surface area (TPSA) is 36.1 Å². The van der Waals surface area contributed by atoms with Crippen LogP contribution in [0.3, 0.4) is 0 Å². The maximum absolute atomic E-state index is 6.68. The van der Waals surface area contributed by atoms with Gasteiger partial charge in [-0.15, -0.1) is 0 Å². The first-order valence-corrected chi connectivity index (χ1v) is 19.8. The van der Waals surface area contributed by atoms with E-state index in [9.17, 15) is 0 Å². The summed E-state index contributed by atoms with van der Waals surface area (Å²) in [5.41, 5.74) is 14.9. The van der Waals surface area contributed by atoms with Crippen molar-refractivity contribution in [1.82, 2.24) is 9.13 Å². The van der Waals surface area contributed by atoms with E-state index < -0.39 is 0 Å². The minimum atomic E-state index is 0.879. The first-order chi connectivity index (χ1) is 28.8. The van der Waals surface area contributed by atoms with Gasteiger partial charge in [0.25, 0.3) is 0 Å². The Labute approximate surface area is 332 Å². The van der Waals surface area contributed by atoms with Crippen molar-refractivity contribution in [2.75, 3.05) is 0 Å². The number of hydrogen-bond acceptors (Lipinski definition) is 2. The summed E-state index contributed by atoms with van der Waals surface area (Å²) in [4.78, 5) is 0. The van der Waals surface area contributed by atoms with E-state index in [1.54, 1.807) is 0 Å². The van der Waals surface area contributed by atoms with Gasteiger partial charge in [0, 0.05) is 54.3 Å². The van der Waals surface area contributed by atoms with Crippen LogP contribution in [0.2, 0.25) is 0 Å². The van der Waals surface area contributed by atoms with Crippen LogP contribution >= 0.6 is 0 Å². The number of aromatic nitrogens is 2. The Hall–Kier alpha value is -7.82. The fourth-order valence-electron chi connectivity index (χ4n) is 9.71. The minimum absolute atomic E-state index is 0.879. The lowest BCUT2D eigenvalue weighted by molar-refractivity contribution is 0.666. The normalized spacial score (nSPS) is 12.1. The van der Waals surface area contributed by atoms with Crippen molar-refractivity contribution in [3.8, 4) is 33.6 Å². The Kier molecular flexibility index (Phi) is 6.41. The molecule has 4 nitrogen and oxygen atoms in total. The summed E-state index contributed by atoms with van der Waals surface area (Å²) < 4.78 is 17.9. The summed E-state index contributed by atoms with van der Waals surface area (Å²) in [5, 5.41) is 9.26. The molecule has 0 N–H and O–H groups in total. The van der Waals surface area contributed by atoms with Crippen LogP contribution < -0.4 is 0 Å². The third kappa shape index (κ3) is 4.29. The molecule has 0 aliphatic carbocycles. The van der Waals surface area contributed by atoms with Crippen LogP contribution in [0.15, 0.2) is 203 Å². The fraction of sp³-hybridized carbons (Fsp3) is 0. The van der Waals surface area contributed by atoms with Crippen molar-refractivity contribution in [3.63, 3.8) is 0 Å². The number of hydrogen-bond donors (Lipinski definition) is 0. The Morgan fingerprint density at radius 2 is 0.966 bits per heavy atom. The van der Waals surface area contributed by atoms with Gasteiger partial charge < -0.3 is 18.0 Å². The van der Waals surface area contributed by atoms with Crippen molar-refractivity contribution in [3.05, 3.63) is 194 Å².